The summed E-state index contributed by atoms with van der Waals surface area (Å²) in [6.07, 6.45) is 8.67. The average molecular weight is 390 g/mol. The fourth-order valence-corrected chi connectivity index (χ4v) is 3.14. The number of carbonyl (C=O) groups excluding carboxylic acids is 1. The summed E-state index contributed by atoms with van der Waals surface area (Å²) in [7, 11) is 0. The molecule has 4 rings (SSSR count). The van der Waals surface area contributed by atoms with E-state index in [-0.39, 0.29) is 5.78 Å². The Kier molecular flexibility index (Phi) is 5.59. The van der Waals surface area contributed by atoms with Crippen molar-refractivity contribution in [3.8, 4) is 17.3 Å². The van der Waals surface area contributed by atoms with Crippen LogP contribution in [0.5, 0.6) is 0 Å². The minimum Gasteiger partial charge on any atom is -0.289 e. The molecule has 2 heterocycles. The molecule has 0 N–H and O–H groups in total. The monoisotopic (exact) mass is 390 g/mol. The van der Waals surface area contributed by atoms with Crippen LogP contribution >= 0.6 is 0 Å². The van der Waals surface area contributed by atoms with Gasteiger partial charge in [0.15, 0.2) is 5.78 Å². The molecule has 5 heteroatoms. The summed E-state index contributed by atoms with van der Waals surface area (Å²) in [4.78, 5) is 16.8. The first-order chi connectivity index (χ1) is 14.7. The lowest BCUT2D eigenvalue weighted by Crippen LogP contribution is -2.00. The van der Waals surface area contributed by atoms with Crippen LogP contribution in [-0.4, -0.2) is 20.5 Å². The lowest BCUT2D eigenvalue weighted by Gasteiger charge is -2.01. The maximum atomic E-state index is 12.6. The van der Waals surface area contributed by atoms with E-state index in [1.165, 1.54) is 6.08 Å². The molecule has 5 nitrogen and oxygen atoms in total. The molecule has 0 aliphatic carbocycles. The van der Waals surface area contributed by atoms with Crippen LogP contribution in [0.2, 0.25) is 0 Å². The highest BCUT2D eigenvalue weighted by molar-refractivity contribution is 6.07. The molecule has 0 aliphatic rings. The van der Waals surface area contributed by atoms with Gasteiger partial charge in [-0.1, -0.05) is 42.5 Å². The number of nitrogens with zero attached hydrogens (tertiary/aromatic N) is 4. The van der Waals surface area contributed by atoms with Gasteiger partial charge < -0.3 is 0 Å². The fourth-order valence-electron chi connectivity index (χ4n) is 3.14. The molecule has 0 aliphatic heterocycles. The van der Waals surface area contributed by atoms with Crippen molar-refractivity contribution in [3.05, 3.63) is 114 Å². The summed E-state index contributed by atoms with van der Waals surface area (Å²) < 4.78 is 1.86. The van der Waals surface area contributed by atoms with Crippen LogP contribution in [0.3, 0.4) is 0 Å². The zero-order chi connectivity index (χ0) is 20.8. The van der Waals surface area contributed by atoms with Gasteiger partial charge in [-0.25, -0.2) is 0 Å². The van der Waals surface area contributed by atoms with E-state index in [0.717, 1.165) is 22.4 Å². The Bertz CT molecular complexity index is 1240. The molecule has 2 aromatic carbocycles. The first-order valence-electron chi connectivity index (χ1n) is 9.47. The minimum atomic E-state index is -0.167. The molecular weight excluding hydrogens is 372 g/mol. The van der Waals surface area contributed by atoms with Crippen LogP contribution in [0.25, 0.3) is 17.3 Å². The van der Waals surface area contributed by atoms with Crippen molar-refractivity contribution >= 4 is 11.9 Å². The van der Waals surface area contributed by atoms with Crippen LogP contribution in [0.1, 0.15) is 27.0 Å². The van der Waals surface area contributed by atoms with Crippen LogP contribution in [0.15, 0.2) is 91.4 Å². The molecule has 0 fully saturated rings. The summed E-state index contributed by atoms with van der Waals surface area (Å²) >= 11 is 0. The Morgan fingerprint density at radius 2 is 1.93 bits per heavy atom. The first-order valence-corrected chi connectivity index (χ1v) is 9.47. The predicted molar refractivity (Wildman–Crippen MR) is 116 cm³/mol. The van der Waals surface area contributed by atoms with Gasteiger partial charge in [0.2, 0.25) is 0 Å². The molecule has 0 radical (unpaired) electrons. The summed E-state index contributed by atoms with van der Waals surface area (Å²) in [5, 5.41) is 13.8. The van der Waals surface area contributed by atoms with E-state index in [4.69, 9.17) is 10.4 Å². The van der Waals surface area contributed by atoms with E-state index in [0.29, 0.717) is 17.7 Å². The number of ketones is 1. The predicted octanol–water partition coefficient (Wildman–Crippen LogP) is 4.76. The smallest absolute Gasteiger partial charge is 0.185 e. The quantitative estimate of drug-likeness (QED) is 0.351. The molecule has 4 aromatic rings. The van der Waals surface area contributed by atoms with Gasteiger partial charge in [0.05, 0.1) is 18.2 Å². The van der Waals surface area contributed by atoms with E-state index < -0.39 is 0 Å². The third-order valence-electron chi connectivity index (χ3n) is 4.60. The maximum absolute atomic E-state index is 12.6. The summed E-state index contributed by atoms with van der Waals surface area (Å²) in [5.41, 5.74) is 4.53. The van der Waals surface area contributed by atoms with Gasteiger partial charge in [0.1, 0.15) is 5.69 Å². The highest BCUT2D eigenvalue weighted by Crippen LogP contribution is 2.23. The van der Waals surface area contributed by atoms with Crippen LogP contribution < -0.4 is 0 Å². The molecule has 0 saturated carbocycles. The van der Waals surface area contributed by atoms with Crippen molar-refractivity contribution in [1.29, 1.82) is 5.26 Å². The number of carbonyl (C=O) groups is 1. The number of hydrogen-bond donors (Lipinski definition) is 0. The second-order valence-corrected chi connectivity index (χ2v) is 6.75. The van der Waals surface area contributed by atoms with E-state index in [2.05, 4.69) is 11.1 Å². The average Bonchev–Trinajstić information content (AvgIpc) is 3.21. The normalized spacial score (nSPS) is 10.8. The number of allylic oxidation sites excluding steroid dienone is 1. The van der Waals surface area contributed by atoms with Gasteiger partial charge in [-0.3, -0.25) is 14.5 Å². The third kappa shape index (κ3) is 4.40. The molecule has 30 heavy (non-hydrogen) atoms. The van der Waals surface area contributed by atoms with Crippen molar-refractivity contribution in [3.63, 3.8) is 0 Å². The van der Waals surface area contributed by atoms with Crippen molar-refractivity contribution in [1.82, 2.24) is 14.8 Å². The Morgan fingerprint density at radius 1 is 1.07 bits per heavy atom. The molecule has 144 valence electrons. The van der Waals surface area contributed by atoms with E-state index >= 15 is 0 Å². The standard InChI is InChI=1S/C25H18N4O/c26-15-20-8-4-9-21(14-20)24(30)12-11-23-18-29(17-19-6-2-1-3-7-19)28-25(23)22-10-5-13-27-16-22/h1-14,16,18H,17H2/b12-11+. The first kappa shape index (κ1) is 19.0. The lowest BCUT2D eigenvalue weighted by molar-refractivity contribution is 0.104. The van der Waals surface area contributed by atoms with E-state index in [1.807, 2.05) is 53.3 Å². The van der Waals surface area contributed by atoms with E-state index in [9.17, 15) is 4.79 Å². The molecule has 0 unspecified atom stereocenters. The third-order valence-corrected chi connectivity index (χ3v) is 4.60. The zero-order valence-electron chi connectivity index (χ0n) is 16.1. The maximum Gasteiger partial charge on any atom is 0.185 e. The van der Waals surface area contributed by atoms with Crippen molar-refractivity contribution < 1.29 is 4.79 Å². The van der Waals surface area contributed by atoms with Crippen molar-refractivity contribution in [2.24, 2.45) is 0 Å². The van der Waals surface area contributed by atoms with E-state index in [1.54, 1.807) is 42.7 Å². The highest BCUT2D eigenvalue weighted by Gasteiger charge is 2.11. The number of nitriles is 1. The topological polar surface area (TPSA) is 71.6 Å². The number of benzene rings is 2. The van der Waals surface area contributed by atoms with Gasteiger partial charge in [0, 0.05) is 35.3 Å². The molecule has 0 amide bonds. The Morgan fingerprint density at radius 3 is 2.70 bits per heavy atom. The molecule has 0 spiro atoms. The van der Waals surface area contributed by atoms with Gasteiger partial charge in [0.25, 0.3) is 0 Å². The number of hydrogen-bond acceptors (Lipinski definition) is 4. The van der Waals surface area contributed by atoms with Crippen LogP contribution in [-0.2, 0) is 6.54 Å². The second-order valence-electron chi connectivity index (χ2n) is 6.75. The molecule has 0 bridgehead atoms. The fraction of sp³-hybridized carbons (Fsp3) is 0.0400. The van der Waals surface area contributed by atoms with Gasteiger partial charge in [-0.05, 0) is 42.0 Å². The number of aromatic nitrogens is 3. The second kappa shape index (κ2) is 8.80. The summed E-state index contributed by atoms with van der Waals surface area (Å²) in [5.74, 6) is -0.167. The molecule has 2 aromatic heterocycles. The van der Waals surface area contributed by atoms with Gasteiger partial charge in [-0.2, -0.15) is 10.4 Å². The zero-order valence-corrected chi connectivity index (χ0v) is 16.1. The van der Waals surface area contributed by atoms with Crippen LogP contribution in [0.4, 0.5) is 0 Å². The molecule has 0 saturated heterocycles. The number of rotatable bonds is 6. The Labute approximate surface area is 174 Å². The Hall–Kier alpha value is -4.30. The molecular formula is C25H18N4O. The van der Waals surface area contributed by atoms with Gasteiger partial charge in [-0.15, -0.1) is 0 Å². The molecule has 0 atom stereocenters. The SMILES string of the molecule is N#Cc1cccc(C(=O)/C=C/c2cn(Cc3ccccc3)nc2-c2cccnc2)c1. The van der Waals surface area contributed by atoms with Crippen LogP contribution in [0, 0.1) is 11.3 Å². The highest BCUT2D eigenvalue weighted by atomic mass is 16.1. The summed E-state index contributed by atoms with van der Waals surface area (Å²) in [6, 6.07) is 22.6. The number of pyridine rings is 1. The van der Waals surface area contributed by atoms with Crippen molar-refractivity contribution in [2.75, 3.05) is 0 Å². The minimum absolute atomic E-state index is 0.167. The largest absolute Gasteiger partial charge is 0.289 e. The van der Waals surface area contributed by atoms with Gasteiger partial charge >= 0.3 is 0 Å². The lowest BCUT2D eigenvalue weighted by atomic mass is 10.1. The Balaban J connectivity index is 1.66. The summed E-state index contributed by atoms with van der Waals surface area (Å²) in [6.45, 7) is 0.625. The van der Waals surface area contributed by atoms with Crippen molar-refractivity contribution in [2.45, 2.75) is 6.54 Å².